The summed E-state index contributed by atoms with van der Waals surface area (Å²) in [7, 11) is 0. The number of ether oxygens (including phenoxy) is 3. The molecule has 2 aromatic rings. The molecule has 14 heteroatoms. The standard InChI is InChI=1S/C29H37N5O9/c1-5-41-28(40)34-15-13-33(14-16-34)27(39)20(11-12-24(37)43-29(2,3)4)31-26(38)21-17-22(42-18-23(35)36)32-25(30-21)19-9-7-6-8-10-19/h6-10,17,20H,5,11-16,18H2,1-4H3,(H,31,38)(H,35,36). The number of hydrogen-bond acceptors (Lipinski definition) is 10. The van der Waals surface area contributed by atoms with Crippen LogP contribution >= 0.6 is 0 Å². The number of carboxylic acids is 1. The lowest BCUT2D eigenvalue weighted by Gasteiger charge is -2.36. The van der Waals surface area contributed by atoms with Gasteiger partial charge in [-0.3, -0.25) is 14.4 Å². The minimum absolute atomic E-state index is 0.0590. The Morgan fingerprint density at radius 2 is 1.65 bits per heavy atom. The molecule has 2 N–H and O–H groups in total. The van der Waals surface area contributed by atoms with Gasteiger partial charge >= 0.3 is 18.0 Å². The number of esters is 1. The van der Waals surface area contributed by atoms with Crippen LogP contribution in [0, 0.1) is 0 Å². The fourth-order valence-electron chi connectivity index (χ4n) is 4.16. The molecular weight excluding hydrogens is 562 g/mol. The Labute approximate surface area is 249 Å². The maximum Gasteiger partial charge on any atom is 0.409 e. The second-order valence-corrected chi connectivity index (χ2v) is 10.6. The fourth-order valence-corrected chi connectivity index (χ4v) is 4.16. The molecule has 232 valence electrons. The number of nitrogens with zero attached hydrogens (tertiary/aromatic N) is 4. The Balaban J connectivity index is 1.83. The minimum atomic E-state index is -1.23. The number of aromatic nitrogens is 2. The zero-order valence-corrected chi connectivity index (χ0v) is 24.7. The molecule has 0 spiro atoms. The molecule has 1 fully saturated rings. The van der Waals surface area contributed by atoms with Crippen molar-refractivity contribution < 1.29 is 43.3 Å². The van der Waals surface area contributed by atoms with Crippen LogP contribution in [-0.4, -0.2) is 106 Å². The summed E-state index contributed by atoms with van der Waals surface area (Å²) in [5.74, 6) is -3.01. The molecule has 43 heavy (non-hydrogen) atoms. The number of carbonyl (C=O) groups excluding carboxylic acids is 4. The Kier molecular flexibility index (Phi) is 11.4. The first-order chi connectivity index (χ1) is 20.4. The molecule has 3 rings (SSSR count). The Morgan fingerprint density at radius 3 is 2.26 bits per heavy atom. The number of carboxylic acid groups (broad SMARTS) is 1. The van der Waals surface area contributed by atoms with Crippen LogP contribution in [0.25, 0.3) is 11.4 Å². The van der Waals surface area contributed by atoms with E-state index in [0.29, 0.717) is 5.56 Å². The van der Waals surface area contributed by atoms with Crippen molar-refractivity contribution in [1.82, 2.24) is 25.1 Å². The first-order valence-corrected chi connectivity index (χ1v) is 13.9. The van der Waals surface area contributed by atoms with Crippen LogP contribution in [0.1, 0.15) is 51.0 Å². The molecule has 2 heterocycles. The highest BCUT2D eigenvalue weighted by molar-refractivity contribution is 5.97. The third-order valence-corrected chi connectivity index (χ3v) is 6.09. The third kappa shape index (κ3) is 10.2. The highest BCUT2D eigenvalue weighted by Gasteiger charge is 2.32. The summed E-state index contributed by atoms with van der Waals surface area (Å²) in [6, 6.07) is 8.75. The van der Waals surface area contributed by atoms with E-state index in [2.05, 4.69) is 15.3 Å². The smallest absolute Gasteiger partial charge is 0.409 e. The van der Waals surface area contributed by atoms with Gasteiger partial charge in [0.15, 0.2) is 12.4 Å². The van der Waals surface area contributed by atoms with Gasteiger partial charge in [-0.15, -0.1) is 0 Å². The number of nitrogens with one attached hydrogen (secondary N) is 1. The van der Waals surface area contributed by atoms with E-state index < -0.39 is 48.1 Å². The van der Waals surface area contributed by atoms with Crippen molar-refractivity contribution >= 4 is 29.8 Å². The second-order valence-electron chi connectivity index (χ2n) is 10.6. The molecule has 1 aromatic carbocycles. The molecule has 0 radical (unpaired) electrons. The van der Waals surface area contributed by atoms with Crippen LogP contribution in [0.3, 0.4) is 0 Å². The van der Waals surface area contributed by atoms with Crippen molar-refractivity contribution in [1.29, 1.82) is 0 Å². The molecule has 1 unspecified atom stereocenters. The van der Waals surface area contributed by atoms with Gasteiger partial charge in [-0.1, -0.05) is 30.3 Å². The normalized spacial score (nSPS) is 14.0. The van der Waals surface area contributed by atoms with E-state index in [4.69, 9.17) is 19.3 Å². The first-order valence-electron chi connectivity index (χ1n) is 13.9. The van der Waals surface area contributed by atoms with E-state index in [9.17, 15) is 24.0 Å². The van der Waals surface area contributed by atoms with Crippen LogP contribution < -0.4 is 10.1 Å². The summed E-state index contributed by atoms with van der Waals surface area (Å²) in [6.07, 6.45) is -0.678. The lowest BCUT2D eigenvalue weighted by Crippen LogP contribution is -2.56. The SMILES string of the molecule is CCOC(=O)N1CCN(C(=O)C(CCC(=O)OC(C)(C)C)NC(=O)c2cc(OCC(=O)O)nc(-c3ccccc3)n2)CC1. The summed E-state index contributed by atoms with van der Waals surface area (Å²) in [5.41, 5.74) is -0.351. The van der Waals surface area contributed by atoms with Crippen molar-refractivity contribution in [3.63, 3.8) is 0 Å². The maximum atomic E-state index is 13.6. The monoisotopic (exact) mass is 599 g/mol. The number of amides is 3. The summed E-state index contributed by atoms with van der Waals surface area (Å²) < 4.78 is 15.6. The van der Waals surface area contributed by atoms with Crippen molar-refractivity contribution in [2.24, 2.45) is 0 Å². The molecular formula is C29H37N5O9. The first kappa shape index (κ1) is 32.8. The lowest BCUT2D eigenvalue weighted by atomic mass is 10.1. The summed E-state index contributed by atoms with van der Waals surface area (Å²) in [6.45, 7) is 7.31. The molecule has 1 aliphatic heterocycles. The van der Waals surface area contributed by atoms with Gasteiger partial charge in [-0.2, -0.15) is 4.98 Å². The van der Waals surface area contributed by atoms with Crippen LogP contribution in [-0.2, 0) is 23.9 Å². The van der Waals surface area contributed by atoms with Crippen LogP contribution in [0.2, 0.25) is 0 Å². The zero-order chi connectivity index (χ0) is 31.6. The van der Waals surface area contributed by atoms with E-state index in [1.54, 1.807) is 58.0 Å². The fraction of sp³-hybridized carbons (Fsp3) is 0.483. The molecule has 0 bridgehead atoms. The van der Waals surface area contributed by atoms with Gasteiger partial charge < -0.3 is 34.4 Å². The Morgan fingerprint density at radius 1 is 1.00 bits per heavy atom. The van der Waals surface area contributed by atoms with Gasteiger partial charge in [-0.25, -0.2) is 14.6 Å². The number of rotatable bonds is 11. The molecule has 3 amide bonds. The van der Waals surface area contributed by atoms with Crippen LogP contribution in [0.4, 0.5) is 4.79 Å². The number of aliphatic carboxylic acids is 1. The van der Waals surface area contributed by atoms with Gasteiger partial charge in [-0.05, 0) is 34.1 Å². The van der Waals surface area contributed by atoms with Crippen molar-refractivity contribution in [3.8, 4) is 17.3 Å². The molecule has 1 saturated heterocycles. The van der Waals surface area contributed by atoms with E-state index in [-0.39, 0.29) is 63.0 Å². The predicted octanol–water partition coefficient (Wildman–Crippen LogP) is 2.13. The van der Waals surface area contributed by atoms with E-state index in [0.717, 1.165) is 0 Å². The minimum Gasteiger partial charge on any atom is -0.479 e. The van der Waals surface area contributed by atoms with Crippen molar-refractivity contribution in [2.75, 3.05) is 39.4 Å². The molecule has 14 nitrogen and oxygen atoms in total. The number of benzene rings is 1. The van der Waals surface area contributed by atoms with Gasteiger partial charge in [0, 0.05) is 44.2 Å². The number of hydrogen-bond donors (Lipinski definition) is 2. The number of piperazine rings is 1. The maximum absolute atomic E-state index is 13.6. The van der Waals surface area contributed by atoms with Gasteiger partial charge in [0.25, 0.3) is 5.91 Å². The van der Waals surface area contributed by atoms with Crippen molar-refractivity contribution in [2.45, 2.75) is 52.2 Å². The third-order valence-electron chi connectivity index (χ3n) is 6.09. The molecule has 1 aliphatic rings. The van der Waals surface area contributed by atoms with Gasteiger partial charge in [0.2, 0.25) is 11.8 Å². The quantitative estimate of drug-likeness (QED) is 0.362. The Bertz CT molecular complexity index is 1310. The van der Waals surface area contributed by atoms with E-state index in [1.165, 1.54) is 15.9 Å². The summed E-state index contributed by atoms with van der Waals surface area (Å²) in [4.78, 5) is 74.2. The molecule has 1 atom stereocenters. The second kappa shape index (κ2) is 14.9. The summed E-state index contributed by atoms with van der Waals surface area (Å²) in [5, 5.41) is 11.7. The van der Waals surface area contributed by atoms with Crippen LogP contribution in [0.5, 0.6) is 5.88 Å². The number of carbonyl (C=O) groups is 5. The van der Waals surface area contributed by atoms with Gasteiger partial charge in [0.05, 0.1) is 6.61 Å². The van der Waals surface area contributed by atoms with E-state index >= 15 is 0 Å². The predicted molar refractivity (Wildman–Crippen MR) is 152 cm³/mol. The highest BCUT2D eigenvalue weighted by atomic mass is 16.6. The average Bonchev–Trinajstić information content (AvgIpc) is 2.97. The molecule has 1 aromatic heterocycles. The Hall–Kier alpha value is -4.75. The molecule has 0 aliphatic carbocycles. The summed E-state index contributed by atoms with van der Waals surface area (Å²) >= 11 is 0. The van der Waals surface area contributed by atoms with E-state index in [1.807, 2.05) is 0 Å². The average molecular weight is 600 g/mol. The largest absolute Gasteiger partial charge is 0.479 e. The van der Waals surface area contributed by atoms with Crippen molar-refractivity contribution in [3.05, 3.63) is 42.1 Å². The lowest BCUT2D eigenvalue weighted by molar-refractivity contribution is -0.155. The van der Waals surface area contributed by atoms with Gasteiger partial charge in [0.1, 0.15) is 17.3 Å². The van der Waals surface area contributed by atoms with Crippen LogP contribution in [0.15, 0.2) is 36.4 Å². The highest BCUT2D eigenvalue weighted by Crippen LogP contribution is 2.20. The zero-order valence-electron chi connectivity index (χ0n) is 24.7. The molecule has 0 saturated carbocycles. The topological polar surface area (TPSA) is 178 Å².